The van der Waals surface area contributed by atoms with Crippen LogP contribution in [0.25, 0.3) is 10.8 Å². The van der Waals surface area contributed by atoms with Crippen molar-refractivity contribution < 1.29 is 4.74 Å². The minimum absolute atomic E-state index is 0.828. The van der Waals surface area contributed by atoms with Gasteiger partial charge in [0.2, 0.25) is 0 Å². The first kappa shape index (κ1) is 9.60. The number of nitrogens with zero attached hydrogens (tertiary/aromatic N) is 2. The Morgan fingerprint density at radius 3 is 2.81 bits per heavy atom. The average molecular weight is 214 g/mol. The number of hydrogen-bond donors (Lipinski definition) is 0. The van der Waals surface area contributed by atoms with Crippen LogP contribution >= 0.6 is 0 Å². The first-order valence-corrected chi connectivity index (χ1v) is 5.60. The molecule has 1 aliphatic heterocycles. The van der Waals surface area contributed by atoms with Crippen LogP contribution in [0.4, 0.5) is 5.69 Å². The fourth-order valence-electron chi connectivity index (χ4n) is 2.09. The molecule has 1 fully saturated rings. The number of morpholine rings is 1. The second-order valence-corrected chi connectivity index (χ2v) is 4.01. The molecule has 0 radical (unpaired) electrons. The first-order chi connectivity index (χ1) is 7.93. The fourth-order valence-corrected chi connectivity index (χ4v) is 2.09. The van der Waals surface area contributed by atoms with Crippen LogP contribution in [0.2, 0.25) is 0 Å². The highest BCUT2D eigenvalue weighted by Gasteiger charge is 2.10. The Bertz CT molecular complexity index is 492. The number of aromatic nitrogens is 1. The summed E-state index contributed by atoms with van der Waals surface area (Å²) in [4.78, 5) is 6.49. The molecule has 3 nitrogen and oxygen atoms in total. The number of rotatable bonds is 1. The van der Waals surface area contributed by atoms with Crippen molar-refractivity contribution in [3.8, 4) is 0 Å². The normalized spacial score (nSPS) is 16.6. The van der Waals surface area contributed by atoms with Crippen LogP contribution in [0.15, 0.2) is 36.7 Å². The van der Waals surface area contributed by atoms with E-state index in [0.29, 0.717) is 0 Å². The van der Waals surface area contributed by atoms with Crippen molar-refractivity contribution in [3.63, 3.8) is 0 Å². The van der Waals surface area contributed by atoms with Gasteiger partial charge in [-0.1, -0.05) is 6.07 Å². The molecule has 16 heavy (non-hydrogen) atoms. The van der Waals surface area contributed by atoms with E-state index in [-0.39, 0.29) is 0 Å². The third-order valence-corrected chi connectivity index (χ3v) is 3.00. The quantitative estimate of drug-likeness (QED) is 0.726. The van der Waals surface area contributed by atoms with Gasteiger partial charge in [-0.2, -0.15) is 0 Å². The Labute approximate surface area is 94.7 Å². The van der Waals surface area contributed by atoms with Crippen molar-refractivity contribution in [2.24, 2.45) is 0 Å². The van der Waals surface area contributed by atoms with Gasteiger partial charge in [0.1, 0.15) is 0 Å². The molecule has 0 unspecified atom stereocenters. The zero-order valence-electron chi connectivity index (χ0n) is 9.10. The van der Waals surface area contributed by atoms with E-state index in [9.17, 15) is 0 Å². The van der Waals surface area contributed by atoms with Gasteiger partial charge in [-0.15, -0.1) is 0 Å². The van der Waals surface area contributed by atoms with Gasteiger partial charge in [0.25, 0.3) is 0 Å². The fraction of sp³-hybridized carbons (Fsp3) is 0.308. The van der Waals surface area contributed by atoms with Gasteiger partial charge in [0.15, 0.2) is 0 Å². The Balaban J connectivity index is 1.97. The van der Waals surface area contributed by atoms with Crippen molar-refractivity contribution in [3.05, 3.63) is 36.7 Å². The maximum absolute atomic E-state index is 5.36. The topological polar surface area (TPSA) is 25.4 Å². The number of fused-ring (bicyclic) bond motifs is 1. The Morgan fingerprint density at radius 2 is 1.94 bits per heavy atom. The molecule has 0 amide bonds. The highest BCUT2D eigenvalue weighted by atomic mass is 16.5. The molecule has 1 aromatic heterocycles. The molecule has 82 valence electrons. The second-order valence-electron chi connectivity index (χ2n) is 4.01. The van der Waals surface area contributed by atoms with Crippen LogP contribution in [0.5, 0.6) is 0 Å². The largest absolute Gasteiger partial charge is 0.378 e. The number of anilines is 1. The smallest absolute Gasteiger partial charge is 0.0642 e. The number of hydrogen-bond acceptors (Lipinski definition) is 3. The van der Waals surface area contributed by atoms with E-state index in [0.717, 1.165) is 26.3 Å². The lowest BCUT2D eigenvalue weighted by Crippen LogP contribution is -2.36. The molecule has 2 heterocycles. The van der Waals surface area contributed by atoms with Crippen LogP contribution in [0.1, 0.15) is 0 Å². The van der Waals surface area contributed by atoms with Crippen molar-refractivity contribution in [2.75, 3.05) is 31.2 Å². The zero-order valence-corrected chi connectivity index (χ0v) is 9.10. The monoisotopic (exact) mass is 214 g/mol. The summed E-state index contributed by atoms with van der Waals surface area (Å²) in [7, 11) is 0. The highest BCUT2D eigenvalue weighted by molar-refractivity contribution is 5.85. The molecule has 2 aromatic rings. The molecule has 0 aliphatic carbocycles. The minimum atomic E-state index is 0.828. The summed E-state index contributed by atoms with van der Waals surface area (Å²) < 4.78 is 5.36. The minimum Gasteiger partial charge on any atom is -0.378 e. The third-order valence-electron chi connectivity index (χ3n) is 3.00. The molecule has 0 spiro atoms. The summed E-state index contributed by atoms with van der Waals surface area (Å²) in [6, 6.07) is 8.57. The van der Waals surface area contributed by atoms with Gasteiger partial charge in [-0.05, 0) is 23.6 Å². The van der Waals surface area contributed by atoms with E-state index in [4.69, 9.17) is 4.74 Å². The van der Waals surface area contributed by atoms with E-state index in [1.165, 1.54) is 16.5 Å². The molecular formula is C13H14N2O. The molecule has 0 bridgehead atoms. The summed E-state index contributed by atoms with van der Waals surface area (Å²) in [5, 5.41) is 2.44. The van der Waals surface area contributed by atoms with Crippen LogP contribution in [0, 0.1) is 0 Å². The molecule has 1 aliphatic rings. The Kier molecular flexibility index (Phi) is 2.46. The zero-order chi connectivity index (χ0) is 10.8. The predicted octanol–water partition coefficient (Wildman–Crippen LogP) is 2.07. The van der Waals surface area contributed by atoms with Gasteiger partial charge >= 0.3 is 0 Å². The van der Waals surface area contributed by atoms with Gasteiger partial charge in [-0.3, -0.25) is 4.98 Å². The summed E-state index contributed by atoms with van der Waals surface area (Å²) in [5.74, 6) is 0. The second kappa shape index (κ2) is 4.10. The lowest BCUT2D eigenvalue weighted by atomic mass is 10.1. The number of pyridine rings is 1. The molecule has 3 rings (SSSR count). The summed E-state index contributed by atoms with van der Waals surface area (Å²) >= 11 is 0. The predicted molar refractivity (Wildman–Crippen MR) is 64.8 cm³/mol. The maximum atomic E-state index is 5.36. The SMILES string of the molecule is c1cc2cc(N3CCOCC3)ccc2cn1. The third kappa shape index (κ3) is 1.74. The van der Waals surface area contributed by atoms with Crippen molar-refractivity contribution >= 4 is 16.5 Å². The highest BCUT2D eigenvalue weighted by Crippen LogP contribution is 2.21. The summed E-state index contributed by atoms with van der Waals surface area (Å²) in [5.41, 5.74) is 1.28. The van der Waals surface area contributed by atoms with E-state index in [2.05, 4.69) is 34.1 Å². The standard InChI is InChI=1S/C13H14N2O/c1-2-13(15-5-7-16-8-6-15)9-11-3-4-14-10-12(1)11/h1-4,9-10H,5-8H2. The van der Waals surface area contributed by atoms with Crippen LogP contribution in [-0.4, -0.2) is 31.3 Å². The van der Waals surface area contributed by atoms with E-state index in [1.54, 1.807) is 0 Å². The van der Waals surface area contributed by atoms with Gasteiger partial charge in [0.05, 0.1) is 13.2 Å². The molecular weight excluding hydrogens is 200 g/mol. The van der Waals surface area contributed by atoms with Crippen molar-refractivity contribution in [1.82, 2.24) is 4.98 Å². The van der Waals surface area contributed by atoms with Gasteiger partial charge < -0.3 is 9.64 Å². The molecule has 0 N–H and O–H groups in total. The molecule has 1 saturated heterocycles. The molecule has 0 atom stereocenters. The van der Waals surface area contributed by atoms with Crippen molar-refractivity contribution in [1.29, 1.82) is 0 Å². The lowest BCUT2D eigenvalue weighted by Gasteiger charge is -2.29. The number of ether oxygens (including phenoxy) is 1. The summed E-state index contributed by atoms with van der Waals surface area (Å²) in [6.45, 7) is 3.62. The van der Waals surface area contributed by atoms with Crippen LogP contribution < -0.4 is 4.90 Å². The molecule has 0 saturated carbocycles. The Morgan fingerprint density at radius 1 is 1.06 bits per heavy atom. The van der Waals surface area contributed by atoms with E-state index in [1.807, 2.05) is 12.4 Å². The van der Waals surface area contributed by atoms with Gasteiger partial charge in [0, 0.05) is 36.6 Å². The molecule has 3 heteroatoms. The van der Waals surface area contributed by atoms with E-state index >= 15 is 0 Å². The van der Waals surface area contributed by atoms with Crippen LogP contribution in [-0.2, 0) is 4.74 Å². The first-order valence-electron chi connectivity index (χ1n) is 5.60. The summed E-state index contributed by atoms with van der Waals surface area (Å²) in [6.07, 6.45) is 3.74. The van der Waals surface area contributed by atoms with Crippen LogP contribution in [0.3, 0.4) is 0 Å². The van der Waals surface area contributed by atoms with Crippen molar-refractivity contribution in [2.45, 2.75) is 0 Å². The average Bonchev–Trinajstić information content (AvgIpc) is 2.39. The lowest BCUT2D eigenvalue weighted by molar-refractivity contribution is 0.122. The molecule has 1 aromatic carbocycles. The Hall–Kier alpha value is -1.61. The number of benzene rings is 1. The maximum Gasteiger partial charge on any atom is 0.0642 e. The van der Waals surface area contributed by atoms with Gasteiger partial charge in [-0.25, -0.2) is 0 Å². The van der Waals surface area contributed by atoms with E-state index < -0.39 is 0 Å².